The monoisotopic (exact) mass is 690 g/mol. The number of rotatable bonds is 6. The first kappa shape index (κ1) is 29.3. The molecule has 1 aliphatic heterocycles. The minimum atomic E-state index is -4.59. The average Bonchev–Trinajstić information content (AvgIpc) is 3.58. The van der Waals surface area contributed by atoms with Gasteiger partial charge in [-0.05, 0) is 71.2 Å². The number of aliphatic imine (C=N–C) groups is 1. The number of H-pyrrole nitrogens is 1. The van der Waals surface area contributed by atoms with Crippen LogP contribution < -0.4 is 5.73 Å². The maximum absolute atomic E-state index is 13.0. The molecule has 214 valence electrons. The first-order chi connectivity index (χ1) is 19.5. The van der Waals surface area contributed by atoms with E-state index in [9.17, 15) is 13.2 Å². The van der Waals surface area contributed by atoms with E-state index in [0.717, 1.165) is 65.8 Å². The van der Waals surface area contributed by atoms with Crippen molar-refractivity contribution in [3.63, 3.8) is 0 Å². The molecule has 0 saturated heterocycles. The van der Waals surface area contributed by atoms with Gasteiger partial charge in [0.15, 0.2) is 5.96 Å². The summed E-state index contributed by atoms with van der Waals surface area (Å²) in [6, 6.07) is 10.5. The number of fused-ring (bicyclic) bond motifs is 2. The lowest BCUT2D eigenvalue weighted by molar-refractivity contribution is -0.0835. The Hall–Kier alpha value is -3.19. The number of alkyl halides is 3. The zero-order chi connectivity index (χ0) is 29.5. The van der Waals surface area contributed by atoms with Crippen LogP contribution in [0.4, 0.5) is 13.2 Å². The molecule has 3 heterocycles. The highest BCUT2D eigenvalue weighted by Crippen LogP contribution is 2.40. The molecule has 0 amide bonds. The highest BCUT2D eigenvalue weighted by molar-refractivity contribution is 14.1. The summed E-state index contributed by atoms with van der Waals surface area (Å²) in [4.78, 5) is 7.97. The molecular weight excluding hydrogens is 660 g/mol. The number of hydrogen-bond acceptors (Lipinski definition) is 3. The van der Waals surface area contributed by atoms with Crippen molar-refractivity contribution in [2.45, 2.75) is 45.8 Å². The Labute approximate surface area is 255 Å². The number of aryl methyl sites for hydroxylation is 2. The third-order valence-electron chi connectivity index (χ3n) is 7.42. The molecule has 3 N–H and O–H groups in total. The highest BCUT2D eigenvalue weighted by Gasteiger charge is 2.32. The van der Waals surface area contributed by atoms with Gasteiger partial charge < -0.3 is 15.6 Å². The second-order valence-corrected chi connectivity index (χ2v) is 11.6. The van der Waals surface area contributed by atoms with Crippen LogP contribution >= 0.6 is 35.2 Å². The summed E-state index contributed by atoms with van der Waals surface area (Å²) in [5, 5.41) is 6.25. The van der Waals surface area contributed by atoms with E-state index in [2.05, 4.69) is 101 Å². The smallest absolute Gasteiger partial charge is 0.369 e. The number of allylic oxidation sites excluding steroid dienone is 2. The van der Waals surface area contributed by atoms with Crippen LogP contribution in [0.1, 0.15) is 34.9 Å². The lowest BCUT2D eigenvalue weighted by Gasteiger charge is -2.28. The molecule has 6 nitrogen and oxygen atoms in total. The van der Waals surface area contributed by atoms with Gasteiger partial charge in [-0.25, -0.2) is 9.67 Å². The quantitative estimate of drug-likeness (QED) is 0.0658. The summed E-state index contributed by atoms with van der Waals surface area (Å²) in [7, 11) is 0. The Balaban J connectivity index is 1.74. The molecule has 1 aliphatic rings. The van der Waals surface area contributed by atoms with Crippen molar-refractivity contribution < 1.29 is 13.2 Å². The number of guanidine groups is 1. The summed E-state index contributed by atoms with van der Waals surface area (Å²) in [6.07, 6.45) is 1.96. The van der Waals surface area contributed by atoms with Crippen LogP contribution in [0.2, 0.25) is 0 Å². The number of aromatic nitrogens is 3. The van der Waals surface area contributed by atoms with Crippen molar-refractivity contribution in [3.8, 4) is 16.9 Å². The molecule has 41 heavy (non-hydrogen) atoms. The number of hydrogen-bond donors (Lipinski definition) is 3. The maximum Gasteiger partial charge on any atom is 0.423 e. The van der Waals surface area contributed by atoms with Gasteiger partial charge in [-0.1, -0.05) is 31.2 Å². The number of para-hydroxylation sites is 1. The average molecular weight is 691 g/mol. The van der Waals surface area contributed by atoms with Gasteiger partial charge in [0.05, 0.1) is 22.6 Å². The Morgan fingerprint density at radius 1 is 1.29 bits per heavy atom. The summed E-state index contributed by atoms with van der Waals surface area (Å²) in [6.45, 7) is 9.01. The fourth-order valence-electron chi connectivity index (χ4n) is 5.34. The zero-order valence-corrected chi connectivity index (χ0v) is 25.7. The van der Waals surface area contributed by atoms with Crippen molar-refractivity contribution in [3.05, 3.63) is 91.8 Å². The van der Waals surface area contributed by atoms with Crippen LogP contribution in [0.5, 0.6) is 0 Å². The predicted octanol–water partition coefficient (Wildman–Crippen LogP) is 7.23. The third kappa shape index (κ3) is 5.53. The van der Waals surface area contributed by atoms with E-state index < -0.39 is 11.1 Å². The van der Waals surface area contributed by atoms with Crippen molar-refractivity contribution >= 4 is 52.1 Å². The second-order valence-electron chi connectivity index (χ2n) is 9.93. The van der Waals surface area contributed by atoms with Crippen LogP contribution in [-0.4, -0.2) is 38.3 Å². The Bertz CT molecular complexity index is 1700. The van der Waals surface area contributed by atoms with Gasteiger partial charge in [0.2, 0.25) is 0 Å². The van der Waals surface area contributed by atoms with E-state index >= 15 is 0 Å². The SMILES string of the molecule is C=CCc1cccc(CC)c1-n1nc2c(c1-c1cc(I)c(C)c3[nH]ccc13)CN(C(N)=N/C=C(\S)C(F)(F)F)CC2. The molecule has 0 fully saturated rings. The molecule has 0 unspecified atom stereocenters. The van der Waals surface area contributed by atoms with Gasteiger partial charge in [0.1, 0.15) is 4.91 Å². The minimum absolute atomic E-state index is 0.00303. The molecule has 4 aromatic rings. The van der Waals surface area contributed by atoms with Gasteiger partial charge in [-0.2, -0.15) is 18.3 Å². The molecule has 0 atom stereocenters. The van der Waals surface area contributed by atoms with Gasteiger partial charge in [0.25, 0.3) is 0 Å². The molecular formula is C30H30F3IN6S. The lowest BCUT2D eigenvalue weighted by atomic mass is 9.96. The number of aromatic amines is 1. The van der Waals surface area contributed by atoms with Crippen LogP contribution in [0.3, 0.4) is 0 Å². The molecule has 0 saturated carbocycles. The number of benzene rings is 2. The fraction of sp³-hybridized carbons (Fsp3) is 0.267. The van der Waals surface area contributed by atoms with Crippen molar-refractivity contribution in [1.29, 1.82) is 0 Å². The summed E-state index contributed by atoms with van der Waals surface area (Å²) >= 11 is 5.88. The van der Waals surface area contributed by atoms with Crippen LogP contribution in [0.25, 0.3) is 27.8 Å². The zero-order valence-electron chi connectivity index (χ0n) is 22.7. The molecule has 5 rings (SSSR count). The fourth-order valence-corrected chi connectivity index (χ4v) is 5.98. The number of nitrogens with two attached hydrogens (primary N) is 1. The molecule has 2 aromatic carbocycles. The maximum atomic E-state index is 13.0. The largest absolute Gasteiger partial charge is 0.423 e. The first-order valence-electron chi connectivity index (χ1n) is 13.2. The van der Waals surface area contributed by atoms with Crippen LogP contribution in [-0.2, 0) is 25.8 Å². The highest BCUT2D eigenvalue weighted by atomic mass is 127. The van der Waals surface area contributed by atoms with Crippen molar-refractivity contribution in [1.82, 2.24) is 19.7 Å². The molecule has 0 radical (unpaired) electrons. The number of thiol groups is 1. The topological polar surface area (TPSA) is 75.2 Å². The van der Waals surface area contributed by atoms with E-state index in [0.29, 0.717) is 32.1 Å². The molecule has 11 heteroatoms. The van der Waals surface area contributed by atoms with Crippen LogP contribution in [0.15, 0.2) is 65.3 Å². The Kier molecular flexibility index (Phi) is 8.29. The predicted molar refractivity (Wildman–Crippen MR) is 170 cm³/mol. The van der Waals surface area contributed by atoms with Gasteiger partial charge >= 0.3 is 6.18 Å². The minimum Gasteiger partial charge on any atom is -0.369 e. The standard InChI is InChI=1S/C30H30F3IN6S/c1-4-7-19-9-6-8-18(5-2)27(19)40-28(21-14-23(34)17(3)26-20(21)10-12-36-26)22-16-39(13-11-24(22)38-40)29(35)37-15-25(41)30(31,32)33/h4,6,8-10,12,14-15,36,41H,1,5,7,11,13,16H2,2-3H3,(H2,35,37)/b25-15-. The summed E-state index contributed by atoms with van der Waals surface area (Å²) in [5.41, 5.74) is 15.6. The van der Waals surface area contributed by atoms with E-state index in [1.54, 1.807) is 4.90 Å². The van der Waals surface area contributed by atoms with Crippen molar-refractivity contribution in [2.75, 3.05) is 6.54 Å². The lowest BCUT2D eigenvalue weighted by Crippen LogP contribution is -2.40. The molecule has 0 bridgehead atoms. The second kappa shape index (κ2) is 11.6. The number of nitrogens with one attached hydrogen (secondary N) is 1. The van der Waals surface area contributed by atoms with Gasteiger partial charge in [0, 0.05) is 52.0 Å². The van der Waals surface area contributed by atoms with Gasteiger partial charge in [-0.15, -0.1) is 19.2 Å². The molecule has 0 aliphatic carbocycles. The Morgan fingerprint density at radius 3 is 2.76 bits per heavy atom. The van der Waals surface area contributed by atoms with E-state index in [4.69, 9.17) is 10.8 Å². The number of halogens is 4. The van der Waals surface area contributed by atoms with E-state index in [1.807, 2.05) is 12.3 Å². The van der Waals surface area contributed by atoms with E-state index in [1.165, 1.54) is 0 Å². The Morgan fingerprint density at radius 2 is 2.05 bits per heavy atom. The third-order valence-corrected chi connectivity index (χ3v) is 8.91. The van der Waals surface area contributed by atoms with Crippen LogP contribution in [0, 0.1) is 10.5 Å². The number of nitrogens with zero attached hydrogens (tertiary/aromatic N) is 4. The molecule has 0 spiro atoms. The first-order valence-corrected chi connectivity index (χ1v) is 14.7. The molecule has 2 aromatic heterocycles. The summed E-state index contributed by atoms with van der Waals surface area (Å²) < 4.78 is 42.1. The van der Waals surface area contributed by atoms with Crippen molar-refractivity contribution in [2.24, 2.45) is 10.7 Å². The summed E-state index contributed by atoms with van der Waals surface area (Å²) in [5.74, 6) is -0.00303. The van der Waals surface area contributed by atoms with Gasteiger partial charge in [-0.3, -0.25) is 0 Å². The normalized spacial score (nSPS) is 14.6. The van der Waals surface area contributed by atoms with E-state index in [-0.39, 0.29) is 5.96 Å².